The molecule has 1 saturated carbocycles. The third kappa shape index (κ3) is 6.25. The number of hydrogen-bond donors (Lipinski definition) is 2. The maximum Gasteiger partial charge on any atom is 0.431 e. The lowest BCUT2D eigenvalue weighted by molar-refractivity contribution is -0.0397. The van der Waals surface area contributed by atoms with Gasteiger partial charge in [0.1, 0.15) is 5.60 Å². The summed E-state index contributed by atoms with van der Waals surface area (Å²) in [5.74, 6) is 0. The molecule has 1 rings (SSSR count). The van der Waals surface area contributed by atoms with E-state index in [0.29, 0.717) is 13.2 Å². The topological polar surface area (TPSA) is 73.6 Å². The third-order valence-corrected chi connectivity index (χ3v) is 3.53. The van der Waals surface area contributed by atoms with Crippen molar-refractivity contribution in [3.8, 4) is 0 Å². The van der Waals surface area contributed by atoms with E-state index in [9.17, 15) is 4.79 Å². The number of ether oxygens (including phenoxy) is 1. The Kier molecular flexibility index (Phi) is 6.07. The zero-order valence-electron chi connectivity index (χ0n) is 12.5. The van der Waals surface area contributed by atoms with E-state index in [0.717, 1.165) is 12.8 Å². The fourth-order valence-electron chi connectivity index (χ4n) is 2.43. The highest BCUT2D eigenvalue weighted by atomic mass is 16.7. The van der Waals surface area contributed by atoms with Gasteiger partial charge in [0.2, 0.25) is 0 Å². The Morgan fingerprint density at radius 3 is 2.26 bits per heavy atom. The van der Waals surface area contributed by atoms with Crippen LogP contribution in [-0.4, -0.2) is 24.8 Å². The minimum Gasteiger partial charge on any atom is -0.442 e. The molecule has 1 fully saturated rings. The summed E-state index contributed by atoms with van der Waals surface area (Å²) in [7, 11) is 0. The molecule has 0 aromatic rings. The van der Waals surface area contributed by atoms with Gasteiger partial charge in [0.05, 0.1) is 6.61 Å². The van der Waals surface area contributed by atoms with Gasteiger partial charge in [-0.05, 0) is 33.6 Å². The van der Waals surface area contributed by atoms with Gasteiger partial charge >= 0.3 is 6.09 Å². The van der Waals surface area contributed by atoms with Gasteiger partial charge < -0.3 is 10.5 Å². The summed E-state index contributed by atoms with van der Waals surface area (Å²) in [5.41, 5.74) is 7.74. The summed E-state index contributed by atoms with van der Waals surface area (Å²) >= 11 is 0. The normalized spacial score (nSPS) is 19.6. The van der Waals surface area contributed by atoms with Crippen LogP contribution in [0.1, 0.15) is 59.3 Å². The molecule has 3 N–H and O–H groups in total. The van der Waals surface area contributed by atoms with E-state index in [2.05, 4.69) is 5.48 Å². The van der Waals surface area contributed by atoms with Crippen molar-refractivity contribution >= 4 is 6.09 Å². The molecular weight excluding hydrogens is 244 g/mol. The molecule has 5 nitrogen and oxygen atoms in total. The highest BCUT2D eigenvalue weighted by Gasteiger charge is 2.30. The number of hydrogen-bond acceptors (Lipinski definition) is 4. The largest absolute Gasteiger partial charge is 0.442 e. The second kappa shape index (κ2) is 7.10. The zero-order chi connectivity index (χ0) is 14.4. The molecule has 0 heterocycles. The fourth-order valence-corrected chi connectivity index (χ4v) is 2.43. The molecule has 19 heavy (non-hydrogen) atoms. The van der Waals surface area contributed by atoms with Gasteiger partial charge in [-0.1, -0.05) is 25.7 Å². The second-order valence-corrected chi connectivity index (χ2v) is 6.51. The van der Waals surface area contributed by atoms with Crippen LogP contribution in [0.3, 0.4) is 0 Å². The molecule has 0 saturated heterocycles. The standard InChI is InChI=1S/C14H28N2O3/c1-13(2,3)19-12(17)16-18-11-14(10-15)8-6-4-5-7-9-14/h4-11,15H2,1-3H3,(H,16,17). The molecule has 5 heteroatoms. The van der Waals surface area contributed by atoms with Gasteiger partial charge in [0.15, 0.2) is 0 Å². The van der Waals surface area contributed by atoms with E-state index in [-0.39, 0.29) is 5.41 Å². The third-order valence-electron chi connectivity index (χ3n) is 3.53. The number of carbonyl (C=O) groups excluding carboxylic acids is 1. The van der Waals surface area contributed by atoms with E-state index >= 15 is 0 Å². The van der Waals surface area contributed by atoms with Crippen LogP contribution >= 0.6 is 0 Å². The number of rotatable bonds is 4. The molecule has 112 valence electrons. The van der Waals surface area contributed by atoms with Crippen molar-refractivity contribution in [3.05, 3.63) is 0 Å². The maximum atomic E-state index is 11.5. The molecule has 0 unspecified atom stereocenters. The van der Waals surface area contributed by atoms with Gasteiger partial charge in [-0.3, -0.25) is 4.84 Å². The minimum atomic E-state index is -0.548. The van der Waals surface area contributed by atoms with Crippen LogP contribution in [0.5, 0.6) is 0 Å². The van der Waals surface area contributed by atoms with Crippen molar-refractivity contribution in [2.75, 3.05) is 13.2 Å². The summed E-state index contributed by atoms with van der Waals surface area (Å²) < 4.78 is 5.11. The molecule has 1 amide bonds. The Labute approximate surface area is 116 Å². The van der Waals surface area contributed by atoms with Crippen LogP contribution in [-0.2, 0) is 9.57 Å². The summed E-state index contributed by atoms with van der Waals surface area (Å²) in [4.78, 5) is 16.8. The lowest BCUT2D eigenvalue weighted by Gasteiger charge is -2.30. The average molecular weight is 272 g/mol. The molecule has 0 aromatic carbocycles. The molecule has 0 bridgehead atoms. The van der Waals surface area contributed by atoms with Gasteiger partial charge in [-0.15, -0.1) is 0 Å². The maximum absolute atomic E-state index is 11.5. The number of hydroxylamine groups is 1. The highest BCUT2D eigenvalue weighted by molar-refractivity contribution is 5.66. The molecule has 0 atom stereocenters. The molecular formula is C14H28N2O3. The van der Waals surface area contributed by atoms with Crippen molar-refractivity contribution in [2.45, 2.75) is 64.9 Å². The Bertz CT molecular complexity index is 279. The van der Waals surface area contributed by atoms with Crippen molar-refractivity contribution < 1.29 is 14.4 Å². The summed E-state index contributed by atoms with van der Waals surface area (Å²) in [6.45, 7) is 6.52. The van der Waals surface area contributed by atoms with Gasteiger partial charge in [0.25, 0.3) is 0 Å². The first kappa shape index (κ1) is 16.2. The van der Waals surface area contributed by atoms with Crippen molar-refractivity contribution in [3.63, 3.8) is 0 Å². The number of nitrogens with one attached hydrogen (secondary N) is 1. The van der Waals surface area contributed by atoms with E-state index in [1.54, 1.807) is 0 Å². The van der Waals surface area contributed by atoms with Crippen LogP contribution < -0.4 is 11.2 Å². The number of amides is 1. The first-order valence-corrected chi connectivity index (χ1v) is 7.18. The molecule has 1 aliphatic rings. The lowest BCUT2D eigenvalue weighted by atomic mass is 9.81. The van der Waals surface area contributed by atoms with E-state index in [4.69, 9.17) is 15.3 Å². The van der Waals surface area contributed by atoms with E-state index in [1.165, 1.54) is 25.7 Å². The van der Waals surface area contributed by atoms with Crippen LogP contribution in [0.2, 0.25) is 0 Å². The predicted octanol–water partition coefficient (Wildman–Crippen LogP) is 2.74. The number of nitrogens with two attached hydrogens (primary N) is 1. The van der Waals surface area contributed by atoms with Gasteiger partial charge in [0, 0.05) is 12.0 Å². The fraction of sp³-hybridized carbons (Fsp3) is 0.929. The highest BCUT2D eigenvalue weighted by Crippen LogP contribution is 2.34. The SMILES string of the molecule is CC(C)(C)OC(=O)NOCC1(CN)CCCCCC1. The van der Waals surface area contributed by atoms with Crippen LogP contribution in [0, 0.1) is 5.41 Å². The first-order valence-electron chi connectivity index (χ1n) is 7.18. The molecule has 0 aliphatic heterocycles. The van der Waals surface area contributed by atoms with Crippen molar-refractivity contribution in [2.24, 2.45) is 11.1 Å². The quantitative estimate of drug-likeness (QED) is 0.609. The van der Waals surface area contributed by atoms with Gasteiger partial charge in [-0.2, -0.15) is 5.48 Å². The van der Waals surface area contributed by atoms with Crippen LogP contribution in [0.15, 0.2) is 0 Å². The van der Waals surface area contributed by atoms with E-state index < -0.39 is 11.7 Å². The predicted molar refractivity (Wildman–Crippen MR) is 74.5 cm³/mol. The molecule has 0 radical (unpaired) electrons. The van der Waals surface area contributed by atoms with Crippen molar-refractivity contribution in [1.29, 1.82) is 0 Å². The average Bonchev–Trinajstić information content (AvgIpc) is 2.53. The Balaban J connectivity index is 2.35. The van der Waals surface area contributed by atoms with Crippen LogP contribution in [0.4, 0.5) is 4.79 Å². The smallest absolute Gasteiger partial charge is 0.431 e. The molecule has 0 spiro atoms. The first-order chi connectivity index (χ1) is 8.87. The zero-order valence-corrected chi connectivity index (χ0v) is 12.5. The summed E-state index contributed by atoms with van der Waals surface area (Å²) in [5, 5.41) is 0. The molecule has 1 aliphatic carbocycles. The lowest BCUT2D eigenvalue weighted by Crippen LogP contribution is -2.39. The van der Waals surface area contributed by atoms with Gasteiger partial charge in [-0.25, -0.2) is 4.79 Å². The van der Waals surface area contributed by atoms with Crippen molar-refractivity contribution in [1.82, 2.24) is 5.48 Å². The molecule has 0 aromatic heterocycles. The van der Waals surface area contributed by atoms with Crippen LogP contribution in [0.25, 0.3) is 0 Å². The Morgan fingerprint density at radius 2 is 1.79 bits per heavy atom. The monoisotopic (exact) mass is 272 g/mol. The van der Waals surface area contributed by atoms with E-state index in [1.807, 2.05) is 20.8 Å². The number of carbonyl (C=O) groups is 1. The summed E-state index contributed by atoms with van der Waals surface area (Å²) in [6, 6.07) is 0. The Morgan fingerprint density at radius 1 is 1.21 bits per heavy atom. The second-order valence-electron chi connectivity index (χ2n) is 6.51. The summed E-state index contributed by atoms with van der Waals surface area (Å²) in [6.07, 6.45) is 6.50. The Hall–Kier alpha value is -0.810. The minimum absolute atomic E-state index is 0.00547.